The van der Waals surface area contributed by atoms with Crippen molar-refractivity contribution in [3.63, 3.8) is 0 Å². The Morgan fingerprint density at radius 3 is 2.90 bits per heavy atom. The van der Waals surface area contributed by atoms with Crippen molar-refractivity contribution in [2.45, 2.75) is 0 Å². The first-order chi connectivity index (χ1) is 4.70. The highest BCUT2D eigenvalue weighted by Crippen LogP contribution is 2.06. The zero-order valence-electron chi connectivity index (χ0n) is 4.97. The molecule has 2 N–H and O–H groups in total. The average Bonchev–Trinajstić information content (AvgIpc) is 1.88. The number of pyridine rings is 1. The lowest BCUT2D eigenvalue weighted by atomic mass is 10.3. The van der Waals surface area contributed by atoms with Crippen LogP contribution in [0.2, 0.25) is 5.02 Å². The van der Waals surface area contributed by atoms with Gasteiger partial charge in [0.05, 0.1) is 10.7 Å². The van der Waals surface area contributed by atoms with Crippen LogP contribution >= 0.6 is 23.8 Å². The van der Waals surface area contributed by atoms with Gasteiger partial charge in [-0.25, -0.2) is 0 Å². The molecule has 0 aromatic carbocycles. The highest BCUT2D eigenvalue weighted by molar-refractivity contribution is 7.80. The zero-order valence-corrected chi connectivity index (χ0v) is 6.54. The third-order valence-electron chi connectivity index (χ3n) is 0.922. The second-order valence-electron chi connectivity index (χ2n) is 1.64. The summed E-state index contributed by atoms with van der Waals surface area (Å²) in [5, 5.41) is 0.470. The lowest BCUT2D eigenvalue weighted by molar-refractivity contribution is 1.29. The number of nitrogens with zero attached hydrogens (tertiary/aromatic N) is 1. The van der Waals surface area contributed by atoms with Crippen molar-refractivity contribution in [2.75, 3.05) is 0 Å². The Bertz CT molecular complexity index is 262. The summed E-state index contributed by atoms with van der Waals surface area (Å²) in [7, 11) is 0. The van der Waals surface area contributed by atoms with Crippen molar-refractivity contribution in [1.29, 1.82) is 0 Å². The fraction of sp³-hybridized carbons (Fsp3) is 0. The summed E-state index contributed by atoms with van der Waals surface area (Å²) in [5.74, 6) is 0. The number of halogens is 1. The molecule has 0 aliphatic carbocycles. The Morgan fingerprint density at radius 2 is 2.50 bits per heavy atom. The monoisotopic (exact) mass is 171 g/mol. The van der Waals surface area contributed by atoms with Gasteiger partial charge in [0.15, 0.2) is 0 Å². The van der Waals surface area contributed by atoms with Crippen LogP contribution in [0.25, 0.3) is 0 Å². The third kappa shape index (κ3) is 1.65. The molecular formula is C6H4ClN2S. The zero-order chi connectivity index (χ0) is 7.56. The van der Waals surface area contributed by atoms with Gasteiger partial charge < -0.3 is 5.73 Å². The first-order valence-corrected chi connectivity index (χ1v) is 3.32. The van der Waals surface area contributed by atoms with Crippen molar-refractivity contribution in [3.05, 3.63) is 29.0 Å². The first kappa shape index (κ1) is 7.44. The van der Waals surface area contributed by atoms with E-state index in [9.17, 15) is 0 Å². The van der Waals surface area contributed by atoms with Crippen LogP contribution in [-0.2, 0) is 0 Å². The molecule has 1 aromatic heterocycles. The molecule has 0 spiro atoms. The van der Waals surface area contributed by atoms with Gasteiger partial charge in [-0.3, -0.25) is 4.98 Å². The van der Waals surface area contributed by atoms with Gasteiger partial charge >= 0.3 is 0 Å². The Balaban J connectivity index is 3.07. The number of rotatable bonds is 1. The van der Waals surface area contributed by atoms with E-state index in [1.54, 1.807) is 6.07 Å². The lowest BCUT2D eigenvalue weighted by Gasteiger charge is -1.94. The molecule has 4 heteroatoms. The molecule has 1 rings (SSSR count). The van der Waals surface area contributed by atoms with Gasteiger partial charge in [0.2, 0.25) is 0 Å². The van der Waals surface area contributed by atoms with Crippen LogP contribution in [0.3, 0.4) is 0 Å². The molecular weight excluding hydrogens is 168 g/mol. The molecule has 0 aliphatic heterocycles. The summed E-state index contributed by atoms with van der Waals surface area (Å²) in [4.78, 5) is 4.08. The van der Waals surface area contributed by atoms with E-state index in [1.165, 1.54) is 6.20 Å². The van der Waals surface area contributed by atoms with E-state index in [4.69, 9.17) is 17.3 Å². The molecule has 0 bridgehead atoms. The van der Waals surface area contributed by atoms with Crippen LogP contribution in [0, 0.1) is 6.07 Å². The first-order valence-electron chi connectivity index (χ1n) is 2.53. The smallest absolute Gasteiger partial charge is 0.122 e. The average molecular weight is 172 g/mol. The van der Waals surface area contributed by atoms with Gasteiger partial charge in [-0.1, -0.05) is 23.8 Å². The maximum Gasteiger partial charge on any atom is 0.122 e. The molecule has 1 heterocycles. The number of hydrogen-bond donors (Lipinski definition) is 1. The van der Waals surface area contributed by atoms with Crippen LogP contribution < -0.4 is 5.73 Å². The highest BCUT2D eigenvalue weighted by atomic mass is 35.5. The molecule has 0 amide bonds. The van der Waals surface area contributed by atoms with Crippen LogP contribution in [-0.4, -0.2) is 9.97 Å². The van der Waals surface area contributed by atoms with Gasteiger partial charge in [0, 0.05) is 12.3 Å². The molecule has 0 unspecified atom stereocenters. The standard InChI is InChI=1S/C6H4ClN2S/c7-4-1-2-9-5(3-4)6(8)10/h2-3H,(H2,8,10). The molecule has 0 atom stereocenters. The minimum Gasteiger partial charge on any atom is -0.388 e. The summed E-state index contributed by atoms with van der Waals surface area (Å²) in [6.07, 6.45) is 1.44. The summed E-state index contributed by atoms with van der Waals surface area (Å²) in [6, 6.07) is 4.24. The van der Waals surface area contributed by atoms with Crippen molar-refractivity contribution >= 4 is 28.8 Å². The Kier molecular flexibility index (Phi) is 2.19. The molecule has 1 aromatic rings. The second kappa shape index (κ2) is 2.94. The number of nitrogens with two attached hydrogens (primary N) is 1. The van der Waals surface area contributed by atoms with Crippen molar-refractivity contribution in [1.82, 2.24) is 4.98 Å². The van der Waals surface area contributed by atoms with Crippen LogP contribution in [0.15, 0.2) is 12.3 Å². The van der Waals surface area contributed by atoms with Crippen molar-refractivity contribution < 1.29 is 0 Å². The number of aromatic nitrogens is 1. The molecule has 1 radical (unpaired) electrons. The van der Waals surface area contributed by atoms with E-state index in [0.29, 0.717) is 10.7 Å². The fourth-order valence-corrected chi connectivity index (χ4v) is 0.761. The topological polar surface area (TPSA) is 38.9 Å². The Morgan fingerprint density at radius 1 is 1.80 bits per heavy atom. The normalized spacial score (nSPS) is 9.30. The van der Waals surface area contributed by atoms with E-state index in [-0.39, 0.29) is 4.99 Å². The molecule has 0 fully saturated rings. The Labute approximate surface area is 69.0 Å². The fourth-order valence-electron chi connectivity index (χ4n) is 0.497. The summed E-state index contributed by atoms with van der Waals surface area (Å²) in [6.45, 7) is 0. The third-order valence-corrected chi connectivity index (χ3v) is 1.35. The predicted molar refractivity (Wildman–Crippen MR) is 44.0 cm³/mol. The molecule has 0 saturated heterocycles. The van der Waals surface area contributed by atoms with Crippen LogP contribution in [0.1, 0.15) is 5.69 Å². The van der Waals surface area contributed by atoms with Gasteiger partial charge in [-0.2, -0.15) is 0 Å². The van der Waals surface area contributed by atoms with Gasteiger partial charge in [-0.15, -0.1) is 0 Å². The van der Waals surface area contributed by atoms with Crippen LogP contribution in [0.5, 0.6) is 0 Å². The van der Waals surface area contributed by atoms with E-state index >= 15 is 0 Å². The second-order valence-corrected chi connectivity index (χ2v) is 2.49. The molecule has 10 heavy (non-hydrogen) atoms. The SMILES string of the molecule is NC(=S)c1cc(Cl)[c]cn1. The van der Waals surface area contributed by atoms with E-state index < -0.39 is 0 Å². The van der Waals surface area contributed by atoms with Gasteiger partial charge in [0.25, 0.3) is 0 Å². The van der Waals surface area contributed by atoms with Crippen LogP contribution in [0.4, 0.5) is 0 Å². The number of hydrogen-bond acceptors (Lipinski definition) is 2. The number of thiocarbonyl (C=S) groups is 1. The van der Waals surface area contributed by atoms with E-state index in [2.05, 4.69) is 23.3 Å². The Hall–Kier alpha value is -0.670. The largest absolute Gasteiger partial charge is 0.388 e. The molecule has 0 aliphatic rings. The highest BCUT2D eigenvalue weighted by Gasteiger charge is 1.96. The molecule has 2 nitrogen and oxygen atoms in total. The summed E-state index contributed by atoms with van der Waals surface area (Å²) >= 11 is 10.2. The minimum absolute atomic E-state index is 0.246. The maximum absolute atomic E-state index is 5.58. The lowest BCUT2D eigenvalue weighted by Crippen LogP contribution is -2.10. The summed E-state index contributed by atoms with van der Waals surface area (Å²) < 4.78 is 0. The van der Waals surface area contributed by atoms with Gasteiger partial charge in [-0.05, 0) is 6.07 Å². The maximum atomic E-state index is 5.58. The molecule has 51 valence electrons. The van der Waals surface area contributed by atoms with Crippen molar-refractivity contribution in [2.24, 2.45) is 5.73 Å². The quantitative estimate of drug-likeness (QED) is 0.645. The molecule has 0 saturated carbocycles. The van der Waals surface area contributed by atoms with Gasteiger partial charge in [0.1, 0.15) is 4.99 Å². The minimum atomic E-state index is 0.246. The predicted octanol–water partition coefficient (Wildman–Crippen LogP) is 1.17. The summed E-state index contributed by atoms with van der Waals surface area (Å²) in [5.41, 5.74) is 5.81. The van der Waals surface area contributed by atoms with E-state index in [0.717, 1.165) is 0 Å². The van der Waals surface area contributed by atoms with E-state index in [1.807, 2.05) is 0 Å². The van der Waals surface area contributed by atoms with Crippen molar-refractivity contribution in [3.8, 4) is 0 Å².